The number of hydrazone groups is 1. The van der Waals surface area contributed by atoms with E-state index in [9.17, 15) is 14.4 Å². The van der Waals surface area contributed by atoms with E-state index in [4.69, 9.17) is 38.6 Å². The second-order valence-electron chi connectivity index (χ2n) is 8.88. The van der Waals surface area contributed by atoms with Crippen LogP contribution in [0, 0.1) is 5.41 Å². The Bertz CT molecular complexity index is 983. The molecule has 15 heteroatoms. The predicted octanol–water partition coefficient (Wildman–Crippen LogP) is 4.36. The molecule has 0 bridgehead atoms. The number of nitrogens with zero attached hydrogens (tertiary/aromatic N) is 3. The minimum atomic E-state index is -0.988. The minimum Gasteiger partial charge on any atom is -0.464 e. The highest BCUT2D eigenvalue weighted by atomic mass is 32.2. The Morgan fingerprint density at radius 3 is 2.00 bits per heavy atom. The molecule has 1 heterocycles. The molecule has 10 nitrogen and oxygen atoms in total. The molecule has 0 saturated carbocycles. The Morgan fingerprint density at radius 2 is 1.55 bits per heavy atom. The van der Waals surface area contributed by atoms with Gasteiger partial charge in [-0.3, -0.25) is 19.4 Å². The summed E-state index contributed by atoms with van der Waals surface area (Å²) in [5.74, 6) is -1.42. The van der Waals surface area contributed by atoms with Gasteiger partial charge in [0.1, 0.15) is 30.3 Å². The number of carbonyl (C=O) groups excluding carboxylic acids is 3. The number of thioether (sulfide) groups is 3. The highest BCUT2D eigenvalue weighted by molar-refractivity contribution is 8.24. The summed E-state index contributed by atoms with van der Waals surface area (Å²) >= 11 is 14.4. The monoisotopic (exact) mass is 650 g/mol. The summed E-state index contributed by atoms with van der Waals surface area (Å²) in [6, 6.07) is 0. The molecule has 0 amide bonds. The van der Waals surface area contributed by atoms with E-state index in [0.717, 1.165) is 11.8 Å². The van der Waals surface area contributed by atoms with E-state index in [1.165, 1.54) is 28.5 Å². The summed E-state index contributed by atoms with van der Waals surface area (Å²) in [6.07, 6.45) is 10.6. The van der Waals surface area contributed by atoms with Crippen LogP contribution in [0.4, 0.5) is 0 Å². The van der Waals surface area contributed by atoms with Crippen molar-refractivity contribution < 1.29 is 28.6 Å². The molecule has 0 aromatic carbocycles. The molecule has 224 valence electrons. The van der Waals surface area contributed by atoms with Crippen molar-refractivity contribution in [2.24, 2.45) is 10.5 Å². The van der Waals surface area contributed by atoms with Crippen LogP contribution < -0.4 is 5.43 Å². The molecule has 1 rings (SSSR count). The number of thiocarbonyl (C=S) groups is 2. The second-order valence-corrected chi connectivity index (χ2v) is 14.0. The molecule has 1 aliphatic rings. The zero-order valence-electron chi connectivity index (χ0n) is 23.8. The summed E-state index contributed by atoms with van der Waals surface area (Å²) < 4.78 is 17.5. The number of nitrogens with one attached hydrogen (secondary N) is 1. The van der Waals surface area contributed by atoms with Crippen LogP contribution in [-0.2, 0) is 28.6 Å². The predicted molar refractivity (Wildman–Crippen MR) is 173 cm³/mol. The summed E-state index contributed by atoms with van der Waals surface area (Å²) in [7, 11) is 0. The fourth-order valence-electron chi connectivity index (χ4n) is 2.72. The lowest BCUT2D eigenvalue weighted by atomic mass is 9.94. The zero-order valence-corrected chi connectivity index (χ0v) is 27.9. The number of hydrazine groups is 1. The topological polar surface area (TPSA) is 110 Å². The van der Waals surface area contributed by atoms with Crippen LogP contribution in [0.25, 0.3) is 0 Å². The molecular formula is C25H38N4O6S5. The van der Waals surface area contributed by atoms with Gasteiger partial charge in [-0.15, -0.1) is 0 Å². The van der Waals surface area contributed by atoms with E-state index in [1.54, 1.807) is 70.6 Å². The van der Waals surface area contributed by atoms with Crippen LogP contribution in [0.5, 0.6) is 0 Å². The quantitative estimate of drug-likeness (QED) is 0.0945. The smallest absolute Gasteiger partial charge is 0.319 e. The average Bonchev–Trinajstić information content (AvgIpc) is 3.48. The first-order valence-electron chi connectivity index (χ1n) is 12.4. The average molecular weight is 651 g/mol. The van der Waals surface area contributed by atoms with Crippen molar-refractivity contribution in [3.63, 3.8) is 0 Å². The molecule has 0 fully saturated rings. The van der Waals surface area contributed by atoms with Crippen LogP contribution in [0.1, 0.15) is 41.5 Å². The number of hydrogen-bond acceptors (Lipinski definition) is 13. The lowest BCUT2D eigenvalue weighted by Gasteiger charge is -2.29. The Labute approximate surface area is 260 Å². The normalized spacial score (nSPS) is 16.8. The van der Waals surface area contributed by atoms with Crippen molar-refractivity contribution in [2.75, 3.05) is 32.6 Å². The van der Waals surface area contributed by atoms with Crippen molar-refractivity contribution >= 4 is 92.5 Å². The number of esters is 3. The van der Waals surface area contributed by atoms with E-state index in [2.05, 4.69) is 10.5 Å². The maximum Gasteiger partial charge on any atom is 0.319 e. The fraction of sp³-hybridized carbons (Fsp3) is 0.600. The first kappa shape index (κ1) is 36.4. The van der Waals surface area contributed by atoms with Crippen LogP contribution in [-0.4, -0.2) is 91.2 Å². The fourth-order valence-corrected chi connectivity index (χ4v) is 5.47. The molecule has 0 aliphatic carbocycles. The van der Waals surface area contributed by atoms with Gasteiger partial charge in [0, 0.05) is 25.2 Å². The van der Waals surface area contributed by atoms with Gasteiger partial charge in [-0.2, -0.15) is 16.9 Å². The standard InChI is InChI=1S/C25H38N4O6S5/c1-8-12-28(26-9-2)23(36)39-18(4)21(31)34-15-25(6,14-33-20(30)17(3)38-7)16-35-22(32)19(5)40-24(37)29-13-10-11-27-29/h8-10,12-13,17-19,27H,11,14-16H2,1-7H3/b12-8-,26-9-. The van der Waals surface area contributed by atoms with Gasteiger partial charge in [-0.05, 0) is 47.8 Å². The third kappa shape index (κ3) is 12.9. The van der Waals surface area contributed by atoms with Crippen LogP contribution in [0.2, 0.25) is 0 Å². The van der Waals surface area contributed by atoms with Crippen molar-refractivity contribution in [2.45, 2.75) is 57.3 Å². The van der Waals surface area contributed by atoms with E-state index in [-0.39, 0.29) is 25.1 Å². The molecule has 0 spiro atoms. The second kappa shape index (κ2) is 18.7. The van der Waals surface area contributed by atoms with Crippen molar-refractivity contribution in [3.05, 3.63) is 24.6 Å². The van der Waals surface area contributed by atoms with E-state index < -0.39 is 33.8 Å². The van der Waals surface area contributed by atoms with E-state index in [1.807, 2.05) is 13.0 Å². The molecule has 0 saturated heterocycles. The molecular weight excluding hydrogens is 613 g/mol. The Hall–Kier alpha value is -1.65. The molecule has 1 aliphatic heterocycles. The third-order valence-corrected chi connectivity index (χ3v) is 8.88. The van der Waals surface area contributed by atoms with Gasteiger partial charge >= 0.3 is 17.9 Å². The highest BCUT2D eigenvalue weighted by Crippen LogP contribution is 2.25. The lowest BCUT2D eigenvalue weighted by molar-refractivity contribution is -0.159. The summed E-state index contributed by atoms with van der Waals surface area (Å²) in [6.45, 7) is 10.7. The van der Waals surface area contributed by atoms with Crippen molar-refractivity contribution in [3.8, 4) is 0 Å². The van der Waals surface area contributed by atoms with Crippen LogP contribution in [0.3, 0.4) is 0 Å². The number of carbonyl (C=O) groups is 3. The van der Waals surface area contributed by atoms with Crippen LogP contribution in [0.15, 0.2) is 29.7 Å². The largest absolute Gasteiger partial charge is 0.464 e. The number of rotatable bonds is 14. The van der Waals surface area contributed by atoms with E-state index >= 15 is 0 Å². The minimum absolute atomic E-state index is 0.111. The molecule has 1 N–H and O–H groups in total. The van der Waals surface area contributed by atoms with Gasteiger partial charge in [0.15, 0.2) is 8.64 Å². The summed E-state index contributed by atoms with van der Waals surface area (Å²) in [4.78, 5) is 37.9. The zero-order chi connectivity index (χ0) is 30.3. The Morgan fingerprint density at radius 1 is 1.02 bits per heavy atom. The maximum absolute atomic E-state index is 12.8. The summed E-state index contributed by atoms with van der Waals surface area (Å²) in [5, 5.41) is 5.72. The van der Waals surface area contributed by atoms with E-state index in [0.29, 0.717) is 15.2 Å². The van der Waals surface area contributed by atoms with Gasteiger partial charge < -0.3 is 14.2 Å². The molecule has 4 unspecified atom stereocenters. The number of allylic oxidation sites excluding steroid dienone is 1. The number of hydrogen-bond donors (Lipinski definition) is 1. The molecule has 0 aromatic rings. The lowest BCUT2D eigenvalue weighted by Crippen LogP contribution is -2.39. The third-order valence-electron chi connectivity index (χ3n) is 5.14. The van der Waals surface area contributed by atoms with Gasteiger partial charge in [0.25, 0.3) is 0 Å². The van der Waals surface area contributed by atoms with Gasteiger partial charge in [-0.25, -0.2) is 10.4 Å². The van der Waals surface area contributed by atoms with Crippen LogP contribution >= 0.6 is 59.7 Å². The molecule has 4 atom stereocenters. The van der Waals surface area contributed by atoms with Crippen molar-refractivity contribution in [1.29, 1.82) is 0 Å². The SMILES string of the molecule is C/C=C\N(/N=C\C)C(=S)SC(C)C(=O)OCC(C)(COC(=O)C(C)SC)COC(=O)C(C)SC(=S)N1C=CCN1. The molecule has 0 radical (unpaired) electrons. The first-order chi connectivity index (χ1) is 18.9. The molecule has 40 heavy (non-hydrogen) atoms. The van der Waals surface area contributed by atoms with Crippen molar-refractivity contribution in [1.82, 2.24) is 15.4 Å². The van der Waals surface area contributed by atoms with Gasteiger partial charge in [-0.1, -0.05) is 60.1 Å². The Balaban J connectivity index is 2.82. The number of ether oxygens (including phenoxy) is 3. The maximum atomic E-state index is 12.8. The van der Waals surface area contributed by atoms with Gasteiger partial charge in [0.05, 0.1) is 10.7 Å². The van der Waals surface area contributed by atoms with Gasteiger partial charge in [0.2, 0.25) is 0 Å². The first-order valence-corrected chi connectivity index (χ1v) is 16.3. The summed E-state index contributed by atoms with van der Waals surface area (Å²) in [5.41, 5.74) is 2.06. The Kier molecular flexibility index (Phi) is 17.0. The molecule has 0 aromatic heterocycles. The highest BCUT2D eigenvalue weighted by Gasteiger charge is 2.33.